The van der Waals surface area contributed by atoms with Crippen molar-refractivity contribution in [3.8, 4) is 18.1 Å². The summed E-state index contributed by atoms with van der Waals surface area (Å²) in [5.41, 5.74) is 1.37. The van der Waals surface area contributed by atoms with Gasteiger partial charge in [0.15, 0.2) is 0 Å². The maximum absolute atomic E-state index is 11.7. The molecule has 0 unspecified atom stereocenters. The van der Waals surface area contributed by atoms with Gasteiger partial charge in [0.1, 0.15) is 24.6 Å². The lowest BCUT2D eigenvalue weighted by Gasteiger charge is -2.30. The third-order valence-electron chi connectivity index (χ3n) is 4.09. The molecule has 0 bridgehead atoms. The highest BCUT2D eigenvalue weighted by atomic mass is 32.2. The standard InChI is InChI=1S/C19H26O4S/c1-5-14-21-24(20)23-18-9-7-6-8-17(18)22-16-12-10-15(11-13-16)19(2,3)4/h1,10-13,17-18H,6-9,14H2,2-4H3/t17-,18-,24-/m1/s1. The van der Waals surface area contributed by atoms with Crippen LogP contribution in [0.25, 0.3) is 0 Å². The van der Waals surface area contributed by atoms with E-state index in [2.05, 4.69) is 38.8 Å². The van der Waals surface area contributed by atoms with Crippen LogP contribution in [0.4, 0.5) is 0 Å². The molecule has 5 heteroatoms. The molecule has 1 aliphatic rings. The predicted molar refractivity (Wildman–Crippen MR) is 95.8 cm³/mol. The molecule has 1 fully saturated rings. The first-order chi connectivity index (χ1) is 11.4. The van der Waals surface area contributed by atoms with Gasteiger partial charge in [-0.2, -0.15) is 4.21 Å². The van der Waals surface area contributed by atoms with Crippen LogP contribution in [-0.2, 0) is 25.1 Å². The summed E-state index contributed by atoms with van der Waals surface area (Å²) in [7, 11) is 0. The molecule has 1 aliphatic carbocycles. The molecular formula is C19H26O4S. The van der Waals surface area contributed by atoms with Crippen molar-refractivity contribution in [3.05, 3.63) is 29.8 Å². The average molecular weight is 350 g/mol. The predicted octanol–water partition coefficient (Wildman–Crippen LogP) is 3.92. The van der Waals surface area contributed by atoms with E-state index in [1.807, 2.05) is 12.1 Å². The molecule has 0 heterocycles. The van der Waals surface area contributed by atoms with Gasteiger partial charge < -0.3 is 4.74 Å². The van der Waals surface area contributed by atoms with Crippen molar-refractivity contribution >= 4 is 11.4 Å². The zero-order valence-electron chi connectivity index (χ0n) is 14.6. The van der Waals surface area contributed by atoms with E-state index in [-0.39, 0.29) is 24.2 Å². The fourth-order valence-electron chi connectivity index (χ4n) is 2.73. The van der Waals surface area contributed by atoms with E-state index in [0.717, 1.165) is 31.4 Å². The van der Waals surface area contributed by atoms with Crippen molar-refractivity contribution in [2.24, 2.45) is 0 Å². The second kappa shape index (κ2) is 8.66. The van der Waals surface area contributed by atoms with Crippen LogP contribution in [0.3, 0.4) is 0 Å². The summed E-state index contributed by atoms with van der Waals surface area (Å²) in [4.78, 5) is 0. The number of hydrogen-bond acceptors (Lipinski definition) is 4. The average Bonchev–Trinajstić information content (AvgIpc) is 2.54. The Morgan fingerprint density at radius 1 is 1.17 bits per heavy atom. The van der Waals surface area contributed by atoms with Crippen LogP contribution in [0.2, 0.25) is 0 Å². The topological polar surface area (TPSA) is 44.8 Å². The number of ether oxygens (including phenoxy) is 1. The Bertz CT molecular complexity index is 583. The fraction of sp³-hybridized carbons (Fsp3) is 0.579. The van der Waals surface area contributed by atoms with E-state index in [9.17, 15) is 4.21 Å². The molecule has 0 aromatic heterocycles. The molecule has 4 nitrogen and oxygen atoms in total. The lowest BCUT2D eigenvalue weighted by molar-refractivity contribution is 0.0239. The highest BCUT2D eigenvalue weighted by Gasteiger charge is 2.30. The van der Waals surface area contributed by atoms with E-state index in [0.29, 0.717) is 0 Å². The normalized spacial score (nSPS) is 22.6. The minimum absolute atomic E-state index is 0.0287. The van der Waals surface area contributed by atoms with E-state index in [1.165, 1.54) is 5.56 Å². The third-order valence-corrected chi connectivity index (χ3v) is 4.81. The zero-order valence-corrected chi connectivity index (χ0v) is 15.4. The fourth-order valence-corrected chi connectivity index (χ4v) is 3.37. The Hall–Kier alpha value is -1.35. The molecule has 0 spiro atoms. The van der Waals surface area contributed by atoms with Crippen LogP contribution in [0.15, 0.2) is 24.3 Å². The highest BCUT2D eigenvalue weighted by molar-refractivity contribution is 7.75. The molecule has 0 aliphatic heterocycles. The van der Waals surface area contributed by atoms with Gasteiger partial charge in [-0.15, -0.1) is 6.42 Å². The molecule has 24 heavy (non-hydrogen) atoms. The van der Waals surface area contributed by atoms with Gasteiger partial charge in [0.2, 0.25) is 0 Å². The zero-order chi connectivity index (χ0) is 17.6. The largest absolute Gasteiger partial charge is 0.488 e. The second-order valence-corrected chi connectivity index (χ2v) is 7.86. The molecule has 3 atom stereocenters. The molecule has 1 aromatic carbocycles. The molecule has 0 radical (unpaired) electrons. The van der Waals surface area contributed by atoms with Gasteiger partial charge in [0.25, 0.3) is 0 Å². The van der Waals surface area contributed by atoms with E-state index < -0.39 is 11.4 Å². The van der Waals surface area contributed by atoms with Crippen molar-refractivity contribution in [2.75, 3.05) is 6.61 Å². The Morgan fingerprint density at radius 3 is 2.38 bits per heavy atom. The van der Waals surface area contributed by atoms with Crippen LogP contribution in [0.1, 0.15) is 52.0 Å². The number of hydrogen-bond donors (Lipinski definition) is 0. The van der Waals surface area contributed by atoms with Gasteiger partial charge in [0.05, 0.1) is 0 Å². The Morgan fingerprint density at radius 2 is 1.79 bits per heavy atom. The summed E-state index contributed by atoms with van der Waals surface area (Å²) >= 11 is -1.83. The summed E-state index contributed by atoms with van der Waals surface area (Å²) in [5.74, 6) is 3.08. The van der Waals surface area contributed by atoms with Crippen LogP contribution in [-0.4, -0.2) is 23.0 Å². The SMILES string of the molecule is C#CCO[S@@](=O)O[C@@H]1CCCC[C@H]1Oc1ccc(C(C)(C)C)cc1. The first kappa shape index (κ1) is 19.0. The Balaban J connectivity index is 1.98. The summed E-state index contributed by atoms with van der Waals surface area (Å²) in [6.07, 6.45) is 8.49. The third kappa shape index (κ3) is 5.62. The summed E-state index contributed by atoms with van der Waals surface area (Å²) in [6, 6.07) is 8.14. The minimum atomic E-state index is -1.83. The monoisotopic (exact) mass is 350 g/mol. The first-order valence-corrected chi connectivity index (χ1v) is 9.33. The lowest BCUT2D eigenvalue weighted by Crippen LogP contribution is -2.37. The Labute approximate surface area is 147 Å². The number of terminal acetylenes is 1. The molecule has 1 saturated carbocycles. The Kier molecular flexibility index (Phi) is 6.85. The van der Waals surface area contributed by atoms with Crippen molar-refractivity contribution < 1.29 is 17.3 Å². The van der Waals surface area contributed by atoms with Gasteiger partial charge >= 0.3 is 11.4 Å². The molecule has 0 amide bonds. The van der Waals surface area contributed by atoms with Gasteiger partial charge in [-0.05, 0) is 42.4 Å². The second-order valence-electron chi connectivity index (χ2n) is 7.02. The molecule has 0 N–H and O–H groups in total. The molecule has 132 valence electrons. The first-order valence-electron chi connectivity index (χ1n) is 8.33. The van der Waals surface area contributed by atoms with Crippen molar-refractivity contribution in [3.63, 3.8) is 0 Å². The smallest absolute Gasteiger partial charge is 0.305 e. The van der Waals surface area contributed by atoms with E-state index in [4.69, 9.17) is 19.5 Å². The summed E-state index contributed by atoms with van der Waals surface area (Å²) in [6.45, 7) is 6.51. The van der Waals surface area contributed by atoms with Crippen LogP contribution < -0.4 is 4.74 Å². The van der Waals surface area contributed by atoms with Crippen molar-refractivity contribution in [2.45, 2.75) is 64.1 Å². The van der Waals surface area contributed by atoms with Crippen LogP contribution in [0, 0.1) is 12.3 Å². The summed E-state index contributed by atoms with van der Waals surface area (Å²) < 4.78 is 28.2. The van der Waals surface area contributed by atoms with Crippen LogP contribution in [0.5, 0.6) is 5.75 Å². The number of rotatable bonds is 6. The number of benzene rings is 1. The van der Waals surface area contributed by atoms with E-state index >= 15 is 0 Å². The van der Waals surface area contributed by atoms with Gasteiger partial charge in [0, 0.05) is 0 Å². The minimum Gasteiger partial charge on any atom is -0.488 e. The highest BCUT2D eigenvalue weighted by Crippen LogP contribution is 2.29. The van der Waals surface area contributed by atoms with E-state index in [1.54, 1.807) is 0 Å². The van der Waals surface area contributed by atoms with Crippen molar-refractivity contribution in [1.29, 1.82) is 0 Å². The quantitative estimate of drug-likeness (QED) is 0.730. The van der Waals surface area contributed by atoms with Gasteiger partial charge in [-0.25, -0.2) is 0 Å². The van der Waals surface area contributed by atoms with Gasteiger partial charge in [-0.1, -0.05) is 45.2 Å². The summed E-state index contributed by atoms with van der Waals surface area (Å²) in [5, 5.41) is 0. The van der Waals surface area contributed by atoms with Crippen molar-refractivity contribution in [1.82, 2.24) is 0 Å². The maximum Gasteiger partial charge on any atom is 0.305 e. The van der Waals surface area contributed by atoms with Gasteiger partial charge in [-0.3, -0.25) is 8.37 Å². The maximum atomic E-state index is 11.7. The molecule has 1 aromatic rings. The van der Waals surface area contributed by atoms with Crippen LogP contribution >= 0.6 is 0 Å². The molecule has 2 rings (SSSR count). The lowest BCUT2D eigenvalue weighted by atomic mass is 9.87. The molecular weight excluding hydrogens is 324 g/mol. The molecule has 0 saturated heterocycles.